The van der Waals surface area contributed by atoms with Crippen molar-refractivity contribution in [2.45, 2.75) is 39.7 Å². The standard InChI is InChI=1S/C16H26N2O3.ClH/c1-4-20-14-9-8-13(11-15(14)21-5-2)12(3)18-16(19)7-6-10-17;/h8-9,11-12H,4-7,10,17H2,1-3H3,(H,18,19);1H. The fourth-order valence-electron chi connectivity index (χ4n) is 2.00. The lowest BCUT2D eigenvalue weighted by molar-refractivity contribution is -0.121. The van der Waals surface area contributed by atoms with Crippen LogP contribution in [0.25, 0.3) is 0 Å². The van der Waals surface area contributed by atoms with Crippen molar-refractivity contribution in [3.05, 3.63) is 23.8 Å². The van der Waals surface area contributed by atoms with E-state index in [1.807, 2.05) is 39.0 Å². The highest BCUT2D eigenvalue weighted by Crippen LogP contribution is 2.30. The summed E-state index contributed by atoms with van der Waals surface area (Å²) in [5.41, 5.74) is 6.40. The molecule has 0 radical (unpaired) electrons. The van der Waals surface area contributed by atoms with Gasteiger partial charge in [-0.1, -0.05) is 6.07 Å². The zero-order chi connectivity index (χ0) is 15.7. The van der Waals surface area contributed by atoms with Gasteiger partial charge in [-0.15, -0.1) is 12.4 Å². The molecule has 0 fully saturated rings. The van der Waals surface area contributed by atoms with Crippen molar-refractivity contribution >= 4 is 18.3 Å². The quantitative estimate of drug-likeness (QED) is 0.730. The summed E-state index contributed by atoms with van der Waals surface area (Å²) in [4.78, 5) is 11.7. The van der Waals surface area contributed by atoms with Crippen LogP contribution in [0.4, 0.5) is 0 Å². The first-order valence-corrected chi connectivity index (χ1v) is 7.51. The van der Waals surface area contributed by atoms with Crippen molar-refractivity contribution < 1.29 is 14.3 Å². The molecule has 0 saturated carbocycles. The van der Waals surface area contributed by atoms with E-state index in [2.05, 4.69) is 5.32 Å². The third-order valence-electron chi connectivity index (χ3n) is 3.05. The number of benzene rings is 1. The molecule has 0 heterocycles. The van der Waals surface area contributed by atoms with Gasteiger partial charge in [0.25, 0.3) is 0 Å². The molecule has 0 aliphatic rings. The van der Waals surface area contributed by atoms with Gasteiger partial charge in [-0.25, -0.2) is 0 Å². The first-order valence-electron chi connectivity index (χ1n) is 7.51. The molecule has 1 amide bonds. The second-order valence-corrected chi connectivity index (χ2v) is 4.75. The van der Waals surface area contributed by atoms with Crippen molar-refractivity contribution in [3.63, 3.8) is 0 Å². The summed E-state index contributed by atoms with van der Waals surface area (Å²) in [6, 6.07) is 5.67. The van der Waals surface area contributed by atoms with Crippen LogP contribution in [0.5, 0.6) is 11.5 Å². The largest absolute Gasteiger partial charge is 0.490 e. The molecule has 126 valence electrons. The van der Waals surface area contributed by atoms with Crippen molar-refractivity contribution in [2.75, 3.05) is 19.8 Å². The molecule has 1 atom stereocenters. The van der Waals surface area contributed by atoms with E-state index in [4.69, 9.17) is 15.2 Å². The maximum atomic E-state index is 11.7. The minimum absolute atomic E-state index is 0. The van der Waals surface area contributed by atoms with Crippen LogP contribution >= 0.6 is 12.4 Å². The van der Waals surface area contributed by atoms with Crippen LogP contribution in [-0.2, 0) is 4.79 Å². The van der Waals surface area contributed by atoms with Gasteiger partial charge in [0, 0.05) is 6.42 Å². The number of hydrogen-bond donors (Lipinski definition) is 2. The van der Waals surface area contributed by atoms with Crippen molar-refractivity contribution in [1.82, 2.24) is 5.32 Å². The Bertz CT molecular complexity index is 455. The lowest BCUT2D eigenvalue weighted by Gasteiger charge is -2.17. The van der Waals surface area contributed by atoms with E-state index in [9.17, 15) is 4.79 Å². The number of nitrogens with two attached hydrogens (primary N) is 1. The minimum Gasteiger partial charge on any atom is -0.490 e. The maximum Gasteiger partial charge on any atom is 0.220 e. The lowest BCUT2D eigenvalue weighted by Crippen LogP contribution is -2.26. The molecular weight excluding hydrogens is 304 g/mol. The van der Waals surface area contributed by atoms with Gasteiger partial charge in [0.05, 0.1) is 19.3 Å². The zero-order valence-corrected chi connectivity index (χ0v) is 14.4. The first-order chi connectivity index (χ1) is 10.1. The molecule has 0 spiro atoms. The van der Waals surface area contributed by atoms with Crippen LogP contribution in [0, 0.1) is 0 Å². The van der Waals surface area contributed by atoms with E-state index < -0.39 is 0 Å². The summed E-state index contributed by atoms with van der Waals surface area (Å²) in [5.74, 6) is 1.45. The Balaban J connectivity index is 0.00000441. The average molecular weight is 331 g/mol. The topological polar surface area (TPSA) is 73.6 Å². The minimum atomic E-state index is -0.0786. The van der Waals surface area contributed by atoms with Gasteiger partial charge in [-0.3, -0.25) is 4.79 Å². The molecule has 22 heavy (non-hydrogen) atoms. The van der Waals surface area contributed by atoms with E-state index in [-0.39, 0.29) is 24.4 Å². The Hall–Kier alpha value is -1.46. The Morgan fingerprint density at radius 1 is 1.23 bits per heavy atom. The molecule has 5 nitrogen and oxygen atoms in total. The number of nitrogens with one attached hydrogen (secondary N) is 1. The SMILES string of the molecule is CCOc1ccc(C(C)NC(=O)CCCN)cc1OCC.Cl. The Labute approximate surface area is 139 Å². The van der Waals surface area contributed by atoms with E-state index >= 15 is 0 Å². The predicted molar refractivity (Wildman–Crippen MR) is 90.9 cm³/mol. The van der Waals surface area contributed by atoms with Crippen LogP contribution in [-0.4, -0.2) is 25.7 Å². The summed E-state index contributed by atoms with van der Waals surface area (Å²) in [6.07, 6.45) is 1.15. The lowest BCUT2D eigenvalue weighted by atomic mass is 10.1. The van der Waals surface area contributed by atoms with Gasteiger partial charge in [-0.2, -0.15) is 0 Å². The third-order valence-corrected chi connectivity index (χ3v) is 3.05. The van der Waals surface area contributed by atoms with Gasteiger partial charge in [0.1, 0.15) is 0 Å². The third kappa shape index (κ3) is 6.54. The normalized spacial score (nSPS) is 11.3. The van der Waals surface area contributed by atoms with Crippen molar-refractivity contribution in [2.24, 2.45) is 5.73 Å². The second-order valence-electron chi connectivity index (χ2n) is 4.75. The summed E-state index contributed by atoms with van der Waals surface area (Å²) < 4.78 is 11.1. The fraction of sp³-hybridized carbons (Fsp3) is 0.562. The highest BCUT2D eigenvalue weighted by atomic mass is 35.5. The van der Waals surface area contributed by atoms with Crippen LogP contribution in [0.3, 0.4) is 0 Å². The number of halogens is 1. The molecule has 0 aliphatic heterocycles. The van der Waals surface area contributed by atoms with Gasteiger partial charge >= 0.3 is 0 Å². The van der Waals surface area contributed by atoms with Crippen molar-refractivity contribution in [1.29, 1.82) is 0 Å². The van der Waals surface area contributed by atoms with Crippen LogP contribution in [0.15, 0.2) is 18.2 Å². The molecule has 0 bridgehead atoms. The molecule has 1 aromatic carbocycles. The van der Waals surface area contributed by atoms with E-state index in [0.717, 1.165) is 11.3 Å². The summed E-state index contributed by atoms with van der Waals surface area (Å²) in [5, 5.41) is 2.96. The zero-order valence-electron chi connectivity index (χ0n) is 13.6. The Morgan fingerprint density at radius 2 is 1.86 bits per heavy atom. The van der Waals surface area contributed by atoms with Crippen LogP contribution < -0.4 is 20.5 Å². The van der Waals surface area contributed by atoms with Gasteiger partial charge in [0.2, 0.25) is 5.91 Å². The van der Waals surface area contributed by atoms with E-state index in [0.29, 0.717) is 38.3 Å². The number of carbonyl (C=O) groups excluding carboxylic acids is 1. The summed E-state index contributed by atoms with van der Waals surface area (Å²) >= 11 is 0. The Morgan fingerprint density at radius 3 is 2.45 bits per heavy atom. The number of hydrogen-bond acceptors (Lipinski definition) is 4. The molecule has 3 N–H and O–H groups in total. The average Bonchev–Trinajstić information content (AvgIpc) is 2.47. The van der Waals surface area contributed by atoms with Crippen molar-refractivity contribution in [3.8, 4) is 11.5 Å². The molecule has 1 aromatic rings. The van der Waals surface area contributed by atoms with Gasteiger partial charge < -0.3 is 20.5 Å². The first kappa shape index (κ1) is 20.5. The number of ether oxygens (including phenoxy) is 2. The number of amides is 1. The highest BCUT2D eigenvalue weighted by Gasteiger charge is 2.13. The highest BCUT2D eigenvalue weighted by molar-refractivity contribution is 5.85. The second kappa shape index (κ2) is 11.2. The van der Waals surface area contributed by atoms with E-state index in [1.54, 1.807) is 0 Å². The molecule has 6 heteroatoms. The molecule has 0 aromatic heterocycles. The maximum absolute atomic E-state index is 11.7. The monoisotopic (exact) mass is 330 g/mol. The summed E-state index contributed by atoms with van der Waals surface area (Å²) in [6.45, 7) is 7.50. The fourth-order valence-corrected chi connectivity index (χ4v) is 2.00. The molecule has 0 saturated heterocycles. The van der Waals surface area contributed by atoms with Crippen LogP contribution in [0.1, 0.15) is 45.2 Å². The van der Waals surface area contributed by atoms with Gasteiger partial charge in [-0.05, 0) is 51.4 Å². The Kier molecular flexibility index (Phi) is 10.4. The van der Waals surface area contributed by atoms with Crippen LogP contribution in [0.2, 0.25) is 0 Å². The molecular formula is C16H27ClN2O3. The number of carbonyl (C=O) groups is 1. The van der Waals surface area contributed by atoms with Gasteiger partial charge in [0.15, 0.2) is 11.5 Å². The molecule has 0 aliphatic carbocycles. The molecule has 1 rings (SSSR count). The number of rotatable bonds is 9. The predicted octanol–water partition coefficient (Wildman–Crippen LogP) is 2.82. The smallest absolute Gasteiger partial charge is 0.220 e. The summed E-state index contributed by atoms with van der Waals surface area (Å²) in [7, 11) is 0. The molecule has 1 unspecified atom stereocenters. The van der Waals surface area contributed by atoms with E-state index in [1.165, 1.54) is 0 Å².